The largest absolute Gasteiger partial charge is 0.491 e. The lowest BCUT2D eigenvalue weighted by Crippen LogP contribution is -2.49. The van der Waals surface area contributed by atoms with Gasteiger partial charge in [0.2, 0.25) is 0 Å². The van der Waals surface area contributed by atoms with Crippen LogP contribution in [0, 0.1) is 0 Å². The molecule has 4 nitrogen and oxygen atoms in total. The van der Waals surface area contributed by atoms with E-state index in [-0.39, 0.29) is 6.10 Å². The number of anilines is 1. The highest BCUT2D eigenvalue weighted by Crippen LogP contribution is 2.32. The van der Waals surface area contributed by atoms with Crippen LogP contribution in [0.5, 0.6) is 5.75 Å². The van der Waals surface area contributed by atoms with E-state index < -0.39 is 0 Å². The van der Waals surface area contributed by atoms with Crippen LogP contribution < -0.4 is 9.64 Å². The average Bonchev–Trinajstić information content (AvgIpc) is 3.07. The Labute approximate surface area is 197 Å². The van der Waals surface area contributed by atoms with Gasteiger partial charge in [-0.1, -0.05) is 54.6 Å². The molecule has 3 aromatic carbocycles. The Morgan fingerprint density at radius 3 is 2.27 bits per heavy atom. The quantitative estimate of drug-likeness (QED) is 0.534. The molecule has 0 aromatic heterocycles. The van der Waals surface area contributed by atoms with Crippen LogP contribution in [0.1, 0.15) is 22.3 Å². The van der Waals surface area contributed by atoms with Crippen molar-refractivity contribution in [3.8, 4) is 5.75 Å². The van der Waals surface area contributed by atoms with Crippen LogP contribution >= 0.6 is 0 Å². The molecule has 0 N–H and O–H groups in total. The molecule has 1 unspecified atom stereocenters. The molecule has 172 valence electrons. The SMILES string of the molecule is COC(COc1ccccc1)CN1CCN(c2cccc3c2CCc2ccccc2C3)CC1. The maximum absolute atomic E-state index is 5.93. The molecule has 0 saturated carbocycles. The molecule has 0 radical (unpaired) electrons. The van der Waals surface area contributed by atoms with Gasteiger partial charge in [0.15, 0.2) is 0 Å². The first-order valence-corrected chi connectivity index (χ1v) is 12.2. The highest BCUT2D eigenvalue weighted by atomic mass is 16.5. The summed E-state index contributed by atoms with van der Waals surface area (Å²) in [6.45, 7) is 5.69. The second-order valence-corrected chi connectivity index (χ2v) is 9.13. The molecule has 5 rings (SSSR count). The van der Waals surface area contributed by atoms with Crippen LogP contribution in [0.3, 0.4) is 0 Å². The van der Waals surface area contributed by atoms with Crippen LogP contribution in [0.25, 0.3) is 0 Å². The number of methoxy groups -OCH3 is 1. The standard InChI is InChI=1S/C29H34N2O2/c1-32-27(22-33-26-11-3-2-4-12-26)21-30-16-18-31(19-17-30)29-13-7-10-25-20-24-9-6-5-8-23(24)14-15-28(25)29/h2-13,27H,14-22H2,1H3. The highest BCUT2D eigenvalue weighted by molar-refractivity contribution is 5.59. The molecule has 33 heavy (non-hydrogen) atoms. The summed E-state index contributed by atoms with van der Waals surface area (Å²) in [6, 6.07) is 25.8. The van der Waals surface area contributed by atoms with Crippen molar-refractivity contribution in [3.63, 3.8) is 0 Å². The van der Waals surface area contributed by atoms with E-state index in [0.29, 0.717) is 6.61 Å². The maximum atomic E-state index is 5.93. The van der Waals surface area contributed by atoms with E-state index in [9.17, 15) is 0 Å². The van der Waals surface area contributed by atoms with Crippen LogP contribution in [0.4, 0.5) is 5.69 Å². The van der Waals surface area contributed by atoms with Gasteiger partial charge in [-0.15, -0.1) is 0 Å². The Morgan fingerprint density at radius 1 is 0.758 bits per heavy atom. The molecule has 0 amide bonds. The van der Waals surface area contributed by atoms with Crippen molar-refractivity contribution in [1.82, 2.24) is 4.90 Å². The average molecular weight is 443 g/mol. The molecule has 1 aliphatic carbocycles. The van der Waals surface area contributed by atoms with Gasteiger partial charge in [-0.25, -0.2) is 0 Å². The minimum Gasteiger partial charge on any atom is -0.491 e. The lowest BCUT2D eigenvalue weighted by molar-refractivity contribution is 0.0281. The third kappa shape index (κ3) is 5.23. The molecule has 1 fully saturated rings. The minimum absolute atomic E-state index is 0.0725. The summed E-state index contributed by atoms with van der Waals surface area (Å²) in [5.41, 5.74) is 7.48. The van der Waals surface area contributed by atoms with Crippen LogP contribution in [-0.4, -0.2) is 57.4 Å². The van der Waals surface area contributed by atoms with Crippen molar-refractivity contribution < 1.29 is 9.47 Å². The Bertz CT molecular complexity index is 1040. The Kier molecular flexibility index (Phi) is 6.94. The normalized spacial score (nSPS) is 17.1. The second kappa shape index (κ2) is 10.4. The summed E-state index contributed by atoms with van der Waals surface area (Å²) >= 11 is 0. The molecular weight excluding hydrogens is 408 g/mol. The lowest BCUT2D eigenvalue weighted by Gasteiger charge is -2.38. The molecule has 1 aliphatic heterocycles. The third-order valence-electron chi connectivity index (χ3n) is 7.08. The molecule has 3 aromatic rings. The second-order valence-electron chi connectivity index (χ2n) is 9.13. The van der Waals surface area contributed by atoms with Crippen molar-refractivity contribution in [2.24, 2.45) is 0 Å². The number of piperazine rings is 1. The minimum atomic E-state index is 0.0725. The van der Waals surface area contributed by atoms with Gasteiger partial charge >= 0.3 is 0 Å². The van der Waals surface area contributed by atoms with Crippen molar-refractivity contribution in [2.45, 2.75) is 25.4 Å². The van der Waals surface area contributed by atoms with E-state index in [1.807, 2.05) is 30.3 Å². The number of fused-ring (bicyclic) bond motifs is 2. The molecule has 0 spiro atoms. The summed E-state index contributed by atoms with van der Waals surface area (Å²) in [6.07, 6.45) is 3.39. The molecule has 1 heterocycles. The number of rotatable bonds is 7. The smallest absolute Gasteiger partial charge is 0.119 e. The van der Waals surface area contributed by atoms with Crippen LogP contribution in [0.2, 0.25) is 0 Å². The van der Waals surface area contributed by atoms with E-state index in [2.05, 4.69) is 52.3 Å². The maximum Gasteiger partial charge on any atom is 0.119 e. The Balaban J connectivity index is 1.19. The number of nitrogens with zero attached hydrogens (tertiary/aromatic N) is 2. The van der Waals surface area contributed by atoms with Crippen molar-refractivity contribution in [2.75, 3.05) is 51.3 Å². The third-order valence-corrected chi connectivity index (χ3v) is 7.08. The van der Waals surface area contributed by atoms with Gasteiger partial charge < -0.3 is 14.4 Å². The zero-order chi connectivity index (χ0) is 22.5. The summed E-state index contributed by atoms with van der Waals surface area (Å²) in [7, 11) is 1.78. The summed E-state index contributed by atoms with van der Waals surface area (Å²) in [5.74, 6) is 0.899. The van der Waals surface area contributed by atoms with E-state index >= 15 is 0 Å². The Morgan fingerprint density at radius 2 is 1.48 bits per heavy atom. The molecule has 1 atom stereocenters. The van der Waals surface area contributed by atoms with Crippen LogP contribution in [-0.2, 0) is 24.0 Å². The topological polar surface area (TPSA) is 24.9 Å². The summed E-state index contributed by atoms with van der Waals surface area (Å²) < 4.78 is 11.7. The van der Waals surface area contributed by atoms with Gasteiger partial charge in [-0.3, -0.25) is 4.90 Å². The number of hydrogen-bond acceptors (Lipinski definition) is 4. The van der Waals surface area contributed by atoms with Gasteiger partial charge in [-0.2, -0.15) is 0 Å². The predicted octanol–water partition coefficient (Wildman–Crippen LogP) is 4.59. The number of ether oxygens (including phenoxy) is 2. The number of aryl methyl sites for hydroxylation is 1. The molecule has 4 heteroatoms. The monoisotopic (exact) mass is 442 g/mol. The zero-order valence-electron chi connectivity index (χ0n) is 19.6. The van der Waals surface area contributed by atoms with E-state index in [4.69, 9.17) is 9.47 Å². The molecular formula is C29H34N2O2. The lowest BCUT2D eigenvalue weighted by atomic mass is 9.98. The summed E-state index contributed by atoms with van der Waals surface area (Å²) in [5, 5.41) is 0. The highest BCUT2D eigenvalue weighted by Gasteiger charge is 2.24. The number of hydrogen-bond donors (Lipinski definition) is 0. The first kappa shape index (κ1) is 22.0. The number of benzene rings is 3. The molecule has 0 bridgehead atoms. The first-order chi connectivity index (χ1) is 16.3. The fraction of sp³-hybridized carbons (Fsp3) is 0.379. The molecule has 2 aliphatic rings. The zero-order valence-corrected chi connectivity index (χ0v) is 19.6. The van der Waals surface area contributed by atoms with Gasteiger partial charge in [0.1, 0.15) is 18.5 Å². The van der Waals surface area contributed by atoms with Gasteiger partial charge in [-0.05, 0) is 59.7 Å². The van der Waals surface area contributed by atoms with E-state index in [1.165, 1.54) is 22.4 Å². The first-order valence-electron chi connectivity index (χ1n) is 12.2. The van der Waals surface area contributed by atoms with Gasteiger partial charge in [0, 0.05) is 45.5 Å². The van der Waals surface area contributed by atoms with Crippen LogP contribution in [0.15, 0.2) is 72.8 Å². The fourth-order valence-corrected chi connectivity index (χ4v) is 5.17. The fourth-order valence-electron chi connectivity index (χ4n) is 5.17. The molecule has 1 saturated heterocycles. The van der Waals surface area contributed by atoms with Gasteiger partial charge in [0.25, 0.3) is 0 Å². The summed E-state index contributed by atoms with van der Waals surface area (Å²) in [4.78, 5) is 5.10. The van der Waals surface area contributed by atoms with E-state index in [0.717, 1.165) is 57.7 Å². The van der Waals surface area contributed by atoms with Crippen molar-refractivity contribution >= 4 is 5.69 Å². The van der Waals surface area contributed by atoms with Crippen molar-refractivity contribution in [1.29, 1.82) is 0 Å². The van der Waals surface area contributed by atoms with Crippen molar-refractivity contribution in [3.05, 3.63) is 95.1 Å². The Hall–Kier alpha value is -2.82. The van der Waals surface area contributed by atoms with E-state index in [1.54, 1.807) is 12.7 Å². The predicted molar refractivity (Wildman–Crippen MR) is 134 cm³/mol. The number of para-hydroxylation sites is 1. The van der Waals surface area contributed by atoms with Gasteiger partial charge in [0.05, 0.1) is 0 Å².